The number of halogens is 1. The van der Waals surface area contributed by atoms with Gasteiger partial charge in [-0.3, -0.25) is 0 Å². The molecule has 1 nitrogen and oxygen atoms in total. The van der Waals surface area contributed by atoms with Crippen LogP contribution in [0.15, 0.2) is 21.3 Å². The van der Waals surface area contributed by atoms with Crippen molar-refractivity contribution in [2.45, 2.75) is 26.7 Å². The first kappa shape index (κ1) is 12.9. The summed E-state index contributed by atoms with van der Waals surface area (Å²) in [6.45, 7) is 6.56. The lowest BCUT2D eigenvalue weighted by Crippen LogP contribution is -2.15. The van der Waals surface area contributed by atoms with E-state index in [9.17, 15) is 0 Å². The van der Waals surface area contributed by atoms with E-state index >= 15 is 0 Å². The molecule has 1 aromatic heterocycles. The van der Waals surface area contributed by atoms with Crippen LogP contribution in [0.4, 0.5) is 0 Å². The summed E-state index contributed by atoms with van der Waals surface area (Å²) >= 11 is 5.29. The third-order valence-electron chi connectivity index (χ3n) is 2.24. The lowest BCUT2D eigenvalue weighted by molar-refractivity contribution is 0.678. The van der Waals surface area contributed by atoms with Crippen molar-refractivity contribution >= 4 is 32.8 Å². The van der Waals surface area contributed by atoms with Crippen LogP contribution < -0.4 is 5.32 Å². The number of hydrogen-bond donors (Lipinski definition) is 1. The van der Waals surface area contributed by atoms with Crippen molar-refractivity contribution in [2.24, 2.45) is 0 Å². The molecule has 0 fully saturated rings. The molecule has 0 spiro atoms. The molecule has 0 aliphatic carbocycles. The van der Waals surface area contributed by atoms with Crippen molar-refractivity contribution in [1.82, 2.24) is 5.32 Å². The van der Waals surface area contributed by atoms with Crippen LogP contribution in [-0.4, -0.2) is 13.1 Å². The average molecular weight is 288 g/mol. The molecule has 1 heterocycles. The zero-order valence-corrected chi connectivity index (χ0v) is 11.7. The van der Waals surface area contributed by atoms with E-state index in [4.69, 9.17) is 0 Å². The van der Waals surface area contributed by atoms with Crippen LogP contribution in [0, 0.1) is 0 Å². The van der Waals surface area contributed by atoms with E-state index in [1.807, 2.05) is 0 Å². The third-order valence-corrected chi connectivity index (χ3v) is 3.94. The van der Waals surface area contributed by atoms with E-state index in [0.717, 1.165) is 19.5 Å². The predicted octanol–water partition coefficient (Wildman–Crippen LogP) is 4.30. The second-order valence-corrected chi connectivity index (χ2v) is 5.16. The van der Waals surface area contributed by atoms with E-state index in [-0.39, 0.29) is 0 Å². The van der Waals surface area contributed by atoms with E-state index in [0.29, 0.717) is 0 Å². The fourth-order valence-corrected chi connectivity index (χ4v) is 3.03. The van der Waals surface area contributed by atoms with Gasteiger partial charge in [-0.15, -0.1) is 0 Å². The fourth-order valence-electron chi connectivity index (χ4n) is 1.37. The quantitative estimate of drug-likeness (QED) is 0.769. The molecule has 0 atom stereocenters. The molecule has 0 bridgehead atoms. The first-order valence-electron chi connectivity index (χ1n) is 5.35. The van der Waals surface area contributed by atoms with E-state index in [1.165, 1.54) is 22.0 Å². The van der Waals surface area contributed by atoms with E-state index in [2.05, 4.69) is 51.9 Å². The van der Waals surface area contributed by atoms with Gasteiger partial charge in [-0.05, 0) is 59.7 Å². The summed E-state index contributed by atoms with van der Waals surface area (Å²) in [6.07, 6.45) is 4.61. The van der Waals surface area contributed by atoms with Gasteiger partial charge in [0, 0.05) is 15.4 Å². The minimum Gasteiger partial charge on any atom is -0.316 e. The van der Waals surface area contributed by atoms with Crippen LogP contribution in [0.1, 0.15) is 32.3 Å². The van der Waals surface area contributed by atoms with Gasteiger partial charge in [0.15, 0.2) is 0 Å². The minimum absolute atomic E-state index is 1.08. The van der Waals surface area contributed by atoms with Gasteiger partial charge in [0.1, 0.15) is 0 Å². The van der Waals surface area contributed by atoms with Crippen LogP contribution in [0.2, 0.25) is 0 Å². The van der Waals surface area contributed by atoms with Gasteiger partial charge in [0.2, 0.25) is 0 Å². The average Bonchev–Trinajstić information content (AvgIpc) is 2.64. The Morgan fingerprint density at radius 2 is 2.27 bits per heavy atom. The predicted molar refractivity (Wildman–Crippen MR) is 73.4 cm³/mol. The van der Waals surface area contributed by atoms with Crippen LogP contribution in [0.25, 0.3) is 5.57 Å². The van der Waals surface area contributed by atoms with Gasteiger partial charge in [0.25, 0.3) is 0 Å². The Labute approximate surface area is 105 Å². The Morgan fingerprint density at radius 3 is 2.87 bits per heavy atom. The highest BCUT2D eigenvalue weighted by Crippen LogP contribution is 2.27. The molecule has 3 heteroatoms. The summed E-state index contributed by atoms with van der Waals surface area (Å²) < 4.78 is 1.21. The maximum absolute atomic E-state index is 3.55. The Balaban J connectivity index is 2.37. The number of thiophene rings is 1. The third kappa shape index (κ3) is 4.49. The summed E-state index contributed by atoms with van der Waals surface area (Å²) in [5.41, 5.74) is 2.69. The normalized spacial score (nSPS) is 12.1. The summed E-state index contributed by atoms with van der Waals surface area (Å²) in [6, 6.07) is 0. The summed E-state index contributed by atoms with van der Waals surface area (Å²) in [5, 5.41) is 7.71. The van der Waals surface area contributed by atoms with Crippen molar-refractivity contribution in [3.05, 3.63) is 26.9 Å². The molecule has 1 rings (SSSR count). The maximum Gasteiger partial charge on any atom is 0.0357 e. The van der Waals surface area contributed by atoms with Crippen LogP contribution in [-0.2, 0) is 0 Å². The SMILES string of the molecule is CCCNCCC=C(C)c1cscc1Br. The molecule has 1 N–H and O–H groups in total. The first-order valence-corrected chi connectivity index (χ1v) is 7.08. The molecule has 0 aliphatic heterocycles. The smallest absolute Gasteiger partial charge is 0.0357 e. The van der Waals surface area contributed by atoms with E-state index < -0.39 is 0 Å². The van der Waals surface area contributed by atoms with Crippen molar-refractivity contribution in [3.8, 4) is 0 Å². The maximum atomic E-state index is 3.55. The molecule has 15 heavy (non-hydrogen) atoms. The molecular formula is C12H18BrNS. The fraction of sp³-hybridized carbons (Fsp3) is 0.500. The van der Waals surface area contributed by atoms with Crippen molar-refractivity contribution < 1.29 is 0 Å². The topological polar surface area (TPSA) is 12.0 Å². The van der Waals surface area contributed by atoms with Crippen LogP contribution in [0.5, 0.6) is 0 Å². The van der Waals surface area contributed by atoms with Crippen molar-refractivity contribution in [3.63, 3.8) is 0 Å². The molecule has 0 aromatic carbocycles. The first-order chi connectivity index (χ1) is 7.25. The zero-order chi connectivity index (χ0) is 11.1. The Morgan fingerprint density at radius 1 is 1.47 bits per heavy atom. The highest BCUT2D eigenvalue weighted by molar-refractivity contribution is 9.10. The number of nitrogens with one attached hydrogen (secondary N) is 1. The molecule has 0 amide bonds. The second-order valence-electron chi connectivity index (χ2n) is 3.56. The van der Waals surface area contributed by atoms with Crippen molar-refractivity contribution in [2.75, 3.05) is 13.1 Å². The lowest BCUT2D eigenvalue weighted by atomic mass is 10.1. The monoisotopic (exact) mass is 287 g/mol. The van der Waals surface area contributed by atoms with Gasteiger partial charge in [-0.2, -0.15) is 11.3 Å². The number of hydrogen-bond acceptors (Lipinski definition) is 2. The number of rotatable bonds is 6. The van der Waals surface area contributed by atoms with Gasteiger partial charge in [-0.25, -0.2) is 0 Å². The standard InChI is InChI=1S/C12H18BrNS/c1-3-6-14-7-4-5-10(2)11-8-15-9-12(11)13/h5,8-9,14H,3-4,6-7H2,1-2H3. The zero-order valence-electron chi connectivity index (χ0n) is 9.35. The molecule has 0 saturated heterocycles. The minimum atomic E-state index is 1.08. The lowest BCUT2D eigenvalue weighted by Gasteiger charge is -2.01. The molecule has 0 unspecified atom stereocenters. The van der Waals surface area contributed by atoms with Crippen LogP contribution >= 0.6 is 27.3 Å². The molecule has 0 aliphatic rings. The highest BCUT2D eigenvalue weighted by Gasteiger charge is 2.01. The molecule has 1 aromatic rings. The second kappa shape index (κ2) is 7.20. The number of allylic oxidation sites excluding steroid dienone is 1. The van der Waals surface area contributed by atoms with Gasteiger partial charge in [0.05, 0.1) is 0 Å². The Bertz CT molecular complexity index is 317. The Hall–Kier alpha value is -0.120. The molecule has 0 radical (unpaired) electrons. The van der Waals surface area contributed by atoms with Crippen molar-refractivity contribution in [1.29, 1.82) is 0 Å². The largest absolute Gasteiger partial charge is 0.316 e. The Kier molecular flexibility index (Phi) is 6.22. The summed E-state index contributed by atoms with van der Waals surface area (Å²) in [5.74, 6) is 0. The summed E-state index contributed by atoms with van der Waals surface area (Å²) in [7, 11) is 0. The highest BCUT2D eigenvalue weighted by atomic mass is 79.9. The molecule has 0 saturated carbocycles. The van der Waals surface area contributed by atoms with Gasteiger partial charge >= 0.3 is 0 Å². The molecular weight excluding hydrogens is 270 g/mol. The van der Waals surface area contributed by atoms with Gasteiger partial charge in [-0.1, -0.05) is 13.0 Å². The van der Waals surface area contributed by atoms with Crippen LogP contribution in [0.3, 0.4) is 0 Å². The van der Waals surface area contributed by atoms with Gasteiger partial charge < -0.3 is 5.32 Å². The molecule has 84 valence electrons. The summed E-state index contributed by atoms with van der Waals surface area (Å²) in [4.78, 5) is 0. The van der Waals surface area contributed by atoms with E-state index in [1.54, 1.807) is 11.3 Å².